The molecule has 2 heterocycles. The minimum absolute atomic E-state index is 0.159. The van der Waals surface area contributed by atoms with Crippen LogP contribution >= 0.6 is 0 Å². The normalized spacial score (nSPS) is 14.9. The van der Waals surface area contributed by atoms with Crippen molar-refractivity contribution in [3.8, 4) is 5.69 Å². The number of amides is 1. The molecule has 3 aromatic rings. The summed E-state index contributed by atoms with van der Waals surface area (Å²) in [6, 6.07) is 16.7. The second-order valence-corrected chi connectivity index (χ2v) is 10.2. The molecule has 0 radical (unpaired) electrons. The number of morpholine rings is 1. The van der Waals surface area contributed by atoms with Crippen molar-refractivity contribution >= 4 is 15.9 Å². The first kappa shape index (κ1) is 23.2. The molecule has 0 aliphatic carbocycles. The number of benzene rings is 2. The zero-order valence-electron chi connectivity index (χ0n) is 19.2. The van der Waals surface area contributed by atoms with Crippen molar-refractivity contribution in [3.63, 3.8) is 0 Å². The van der Waals surface area contributed by atoms with E-state index in [4.69, 9.17) is 4.74 Å². The molecule has 174 valence electrons. The van der Waals surface area contributed by atoms with Gasteiger partial charge >= 0.3 is 0 Å². The van der Waals surface area contributed by atoms with Gasteiger partial charge in [0.2, 0.25) is 10.0 Å². The van der Waals surface area contributed by atoms with E-state index in [-0.39, 0.29) is 10.8 Å². The summed E-state index contributed by atoms with van der Waals surface area (Å²) >= 11 is 0. The van der Waals surface area contributed by atoms with Gasteiger partial charge in [0.15, 0.2) is 0 Å². The highest BCUT2D eigenvalue weighted by Gasteiger charge is 2.26. The number of rotatable bonds is 6. The van der Waals surface area contributed by atoms with Crippen LogP contribution in [0.5, 0.6) is 0 Å². The number of sulfonamides is 1. The average molecular weight is 468 g/mol. The fraction of sp³-hybridized carbons (Fsp3) is 0.320. The van der Waals surface area contributed by atoms with Gasteiger partial charge in [0, 0.05) is 36.7 Å². The van der Waals surface area contributed by atoms with Gasteiger partial charge in [-0.05, 0) is 56.2 Å². The molecule has 7 nitrogen and oxygen atoms in total. The van der Waals surface area contributed by atoms with Crippen LogP contribution in [0.4, 0.5) is 0 Å². The second kappa shape index (κ2) is 9.51. The molecule has 0 saturated carbocycles. The van der Waals surface area contributed by atoms with Gasteiger partial charge in [0.05, 0.1) is 23.7 Å². The van der Waals surface area contributed by atoms with Crippen molar-refractivity contribution in [1.82, 2.24) is 14.2 Å². The fourth-order valence-electron chi connectivity index (χ4n) is 4.17. The van der Waals surface area contributed by atoms with E-state index in [1.54, 1.807) is 24.3 Å². The first-order valence-corrected chi connectivity index (χ1v) is 12.4. The molecule has 1 aromatic heterocycles. The summed E-state index contributed by atoms with van der Waals surface area (Å²) < 4.78 is 34.3. The Balaban J connectivity index is 1.45. The van der Waals surface area contributed by atoms with Crippen LogP contribution in [0.1, 0.15) is 32.9 Å². The minimum atomic E-state index is -3.53. The standard InChI is InChI=1S/C25H29N3O4S/c1-18-6-4-5-7-24(18)28-19(2)16-23(20(28)3)25(29)26-17-21-8-10-22(11-9-21)33(30,31)27-12-14-32-15-13-27/h4-11,16H,12-15,17H2,1-3H3,(H,26,29). The molecule has 1 saturated heterocycles. The number of nitrogens with zero attached hydrogens (tertiary/aromatic N) is 2. The molecule has 1 N–H and O–H groups in total. The monoisotopic (exact) mass is 467 g/mol. The summed E-state index contributed by atoms with van der Waals surface area (Å²) in [4.78, 5) is 13.2. The number of carbonyl (C=O) groups excluding carboxylic acids is 1. The maximum atomic E-state index is 12.9. The molecular formula is C25H29N3O4S. The lowest BCUT2D eigenvalue weighted by molar-refractivity contribution is 0.0730. The SMILES string of the molecule is Cc1ccccc1-n1c(C)cc(C(=O)NCc2ccc(S(=O)(=O)N3CCOCC3)cc2)c1C. The van der Waals surface area contributed by atoms with Gasteiger partial charge in [-0.2, -0.15) is 4.31 Å². The van der Waals surface area contributed by atoms with Crippen LogP contribution in [-0.4, -0.2) is 49.5 Å². The Kier molecular flexibility index (Phi) is 6.69. The van der Waals surface area contributed by atoms with Gasteiger partial charge in [-0.25, -0.2) is 8.42 Å². The highest BCUT2D eigenvalue weighted by molar-refractivity contribution is 7.89. The van der Waals surface area contributed by atoms with Crippen LogP contribution in [0, 0.1) is 20.8 Å². The number of nitrogens with one attached hydrogen (secondary N) is 1. The van der Waals surface area contributed by atoms with E-state index in [0.29, 0.717) is 38.4 Å². The first-order valence-electron chi connectivity index (χ1n) is 11.0. The number of ether oxygens (including phenoxy) is 1. The Morgan fingerprint density at radius 2 is 1.67 bits per heavy atom. The van der Waals surface area contributed by atoms with Gasteiger partial charge in [0.1, 0.15) is 0 Å². The van der Waals surface area contributed by atoms with Gasteiger partial charge in [-0.1, -0.05) is 30.3 Å². The summed E-state index contributed by atoms with van der Waals surface area (Å²) in [5.41, 5.74) is 5.53. The maximum Gasteiger partial charge on any atom is 0.253 e. The lowest BCUT2D eigenvalue weighted by atomic mass is 10.2. The van der Waals surface area contributed by atoms with Gasteiger partial charge < -0.3 is 14.6 Å². The molecule has 2 aromatic carbocycles. The number of hydrogen-bond acceptors (Lipinski definition) is 4. The fourth-order valence-corrected chi connectivity index (χ4v) is 5.58. The van der Waals surface area contributed by atoms with Crippen LogP contribution in [0.25, 0.3) is 5.69 Å². The molecule has 33 heavy (non-hydrogen) atoms. The Labute approximate surface area is 195 Å². The second-order valence-electron chi connectivity index (χ2n) is 8.25. The van der Waals surface area contributed by atoms with Crippen LogP contribution in [0.2, 0.25) is 0 Å². The first-order chi connectivity index (χ1) is 15.8. The topological polar surface area (TPSA) is 80.6 Å². The van der Waals surface area contributed by atoms with E-state index in [9.17, 15) is 13.2 Å². The average Bonchev–Trinajstić information content (AvgIpc) is 3.12. The third-order valence-corrected chi connectivity index (χ3v) is 7.93. The van der Waals surface area contributed by atoms with Crippen LogP contribution in [0.3, 0.4) is 0 Å². The third kappa shape index (κ3) is 4.73. The van der Waals surface area contributed by atoms with Gasteiger partial charge in [-0.3, -0.25) is 4.79 Å². The van der Waals surface area contributed by atoms with Crippen LogP contribution in [0.15, 0.2) is 59.5 Å². The summed E-state index contributed by atoms with van der Waals surface area (Å²) in [7, 11) is -3.53. The highest BCUT2D eigenvalue weighted by atomic mass is 32.2. The molecular weight excluding hydrogens is 438 g/mol. The molecule has 0 bridgehead atoms. The molecule has 1 amide bonds. The molecule has 0 spiro atoms. The zero-order chi connectivity index (χ0) is 23.6. The Morgan fingerprint density at radius 1 is 1.00 bits per heavy atom. The molecule has 0 unspecified atom stereocenters. The largest absolute Gasteiger partial charge is 0.379 e. The van der Waals surface area contributed by atoms with E-state index in [0.717, 1.165) is 28.2 Å². The van der Waals surface area contributed by atoms with Crippen LogP contribution in [-0.2, 0) is 21.3 Å². The van der Waals surface area contributed by atoms with Crippen molar-refractivity contribution in [1.29, 1.82) is 0 Å². The van der Waals surface area contributed by atoms with Crippen molar-refractivity contribution in [3.05, 3.63) is 82.7 Å². The Morgan fingerprint density at radius 3 is 2.33 bits per heavy atom. The van der Waals surface area contributed by atoms with Crippen molar-refractivity contribution in [2.75, 3.05) is 26.3 Å². The smallest absolute Gasteiger partial charge is 0.253 e. The van der Waals surface area contributed by atoms with Gasteiger partial charge in [-0.15, -0.1) is 0 Å². The predicted molar refractivity (Wildman–Crippen MR) is 127 cm³/mol. The number of aromatic nitrogens is 1. The Bertz CT molecular complexity index is 1260. The summed E-state index contributed by atoms with van der Waals surface area (Å²) in [5.74, 6) is -0.159. The molecule has 4 rings (SSSR count). The predicted octanol–water partition coefficient (Wildman–Crippen LogP) is 3.35. The minimum Gasteiger partial charge on any atom is -0.379 e. The van der Waals surface area contributed by atoms with Crippen molar-refractivity contribution in [2.45, 2.75) is 32.2 Å². The van der Waals surface area contributed by atoms with Crippen LogP contribution < -0.4 is 5.32 Å². The van der Waals surface area contributed by atoms with E-state index in [1.165, 1.54) is 4.31 Å². The number of aryl methyl sites for hydroxylation is 2. The zero-order valence-corrected chi connectivity index (χ0v) is 20.0. The van der Waals surface area contributed by atoms with E-state index in [1.807, 2.05) is 38.1 Å². The molecule has 1 fully saturated rings. The molecule has 1 aliphatic heterocycles. The molecule has 8 heteroatoms. The summed E-state index contributed by atoms with van der Waals surface area (Å²) in [5, 5.41) is 2.96. The lowest BCUT2D eigenvalue weighted by Crippen LogP contribution is -2.40. The molecule has 0 atom stereocenters. The van der Waals surface area contributed by atoms with E-state index >= 15 is 0 Å². The number of para-hydroxylation sites is 1. The number of carbonyl (C=O) groups is 1. The number of hydrogen-bond donors (Lipinski definition) is 1. The third-order valence-electron chi connectivity index (χ3n) is 6.02. The quantitative estimate of drug-likeness (QED) is 0.603. The highest BCUT2D eigenvalue weighted by Crippen LogP contribution is 2.23. The summed E-state index contributed by atoms with van der Waals surface area (Å²) in [6.45, 7) is 7.84. The lowest BCUT2D eigenvalue weighted by Gasteiger charge is -2.26. The Hall–Kier alpha value is -2.94. The van der Waals surface area contributed by atoms with E-state index < -0.39 is 10.0 Å². The van der Waals surface area contributed by atoms with Gasteiger partial charge in [0.25, 0.3) is 5.91 Å². The summed E-state index contributed by atoms with van der Waals surface area (Å²) in [6.07, 6.45) is 0. The molecule has 1 aliphatic rings. The van der Waals surface area contributed by atoms with E-state index in [2.05, 4.69) is 22.9 Å². The maximum absolute atomic E-state index is 12.9. The van der Waals surface area contributed by atoms with Crippen molar-refractivity contribution in [2.24, 2.45) is 0 Å². The van der Waals surface area contributed by atoms with Crippen molar-refractivity contribution < 1.29 is 17.9 Å².